The van der Waals surface area contributed by atoms with Crippen LogP contribution in [-0.2, 0) is 6.18 Å². The van der Waals surface area contributed by atoms with Crippen LogP contribution < -0.4 is 0 Å². The predicted octanol–water partition coefficient (Wildman–Crippen LogP) is 5.69. The molecule has 0 aromatic heterocycles. The van der Waals surface area contributed by atoms with Crippen LogP contribution >= 0.6 is 11.8 Å². The molecule has 0 atom stereocenters. The average molecular weight is 367 g/mol. The Hall–Kier alpha value is -1.79. The Morgan fingerprint density at radius 1 is 1.00 bits per heavy atom. The summed E-state index contributed by atoms with van der Waals surface area (Å²) >= 11 is 1.30. The summed E-state index contributed by atoms with van der Waals surface area (Å²) in [6.07, 6.45) is -1.76. The summed E-state index contributed by atoms with van der Waals surface area (Å²) in [7, 11) is 3.88. The fourth-order valence-electron chi connectivity index (χ4n) is 2.76. The van der Waals surface area contributed by atoms with Crippen molar-refractivity contribution in [3.63, 3.8) is 0 Å². The number of fused-ring (bicyclic) bond motifs is 2. The number of hydrogen-bond acceptors (Lipinski definition) is 2. The number of nitrogens with zero attached hydrogens (tertiary/aromatic N) is 1. The normalized spacial score (nSPS) is 15.4. The summed E-state index contributed by atoms with van der Waals surface area (Å²) in [5, 5.41) is 0. The Morgan fingerprint density at radius 2 is 1.76 bits per heavy atom. The molecule has 0 aliphatic carbocycles. The average Bonchev–Trinajstić information content (AvgIpc) is 2.52. The highest BCUT2D eigenvalue weighted by Gasteiger charge is 2.32. The second kappa shape index (κ2) is 6.84. The number of benzene rings is 2. The molecule has 0 saturated carbocycles. The maximum Gasteiger partial charge on any atom is 0.416 e. The quantitative estimate of drug-likeness (QED) is 0.547. The summed E-state index contributed by atoms with van der Waals surface area (Å²) < 4.78 is 52.9. The Labute approximate surface area is 148 Å². The van der Waals surface area contributed by atoms with E-state index in [1.165, 1.54) is 36.0 Å². The van der Waals surface area contributed by atoms with Crippen LogP contribution in [0.1, 0.15) is 23.1 Å². The zero-order chi connectivity index (χ0) is 18.2. The van der Waals surface area contributed by atoms with Crippen LogP contribution in [0.15, 0.2) is 52.3 Å². The Morgan fingerprint density at radius 3 is 2.44 bits per heavy atom. The summed E-state index contributed by atoms with van der Waals surface area (Å²) in [6.45, 7) is 0.779. The lowest BCUT2D eigenvalue weighted by molar-refractivity contribution is -0.137. The first kappa shape index (κ1) is 18.0. The highest BCUT2D eigenvalue weighted by molar-refractivity contribution is 7.99. The second-order valence-electron chi connectivity index (χ2n) is 6.16. The highest BCUT2D eigenvalue weighted by Crippen LogP contribution is 2.47. The van der Waals surface area contributed by atoms with E-state index in [-0.39, 0.29) is 5.82 Å². The molecule has 132 valence electrons. The van der Waals surface area contributed by atoms with Crippen molar-refractivity contribution in [2.45, 2.75) is 22.4 Å². The molecular formula is C19H17F4NS. The van der Waals surface area contributed by atoms with Gasteiger partial charge in [0.25, 0.3) is 0 Å². The molecular weight excluding hydrogens is 350 g/mol. The third-order valence-corrected chi connectivity index (χ3v) is 5.11. The van der Waals surface area contributed by atoms with Crippen molar-refractivity contribution in [2.24, 2.45) is 0 Å². The first-order chi connectivity index (χ1) is 11.8. The van der Waals surface area contributed by atoms with Gasteiger partial charge in [-0.25, -0.2) is 4.39 Å². The molecule has 1 aliphatic rings. The first-order valence-corrected chi connectivity index (χ1v) is 8.61. The zero-order valence-electron chi connectivity index (χ0n) is 13.8. The van der Waals surface area contributed by atoms with Crippen LogP contribution in [0.5, 0.6) is 0 Å². The predicted molar refractivity (Wildman–Crippen MR) is 92.2 cm³/mol. The second-order valence-corrected chi connectivity index (χ2v) is 7.24. The van der Waals surface area contributed by atoms with Gasteiger partial charge in [0.15, 0.2) is 0 Å². The molecule has 0 bridgehead atoms. The van der Waals surface area contributed by atoms with Crippen LogP contribution in [0.25, 0.3) is 5.57 Å². The van der Waals surface area contributed by atoms with Crippen LogP contribution in [0.2, 0.25) is 0 Å². The highest BCUT2D eigenvalue weighted by atomic mass is 32.2. The fourth-order valence-corrected chi connectivity index (χ4v) is 3.87. The van der Waals surface area contributed by atoms with Crippen molar-refractivity contribution >= 4 is 17.3 Å². The van der Waals surface area contributed by atoms with E-state index in [0.29, 0.717) is 16.9 Å². The maximum absolute atomic E-state index is 13.6. The monoisotopic (exact) mass is 367 g/mol. The fraction of sp³-hybridized carbons (Fsp3) is 0.263. The van der Waals surface area contributed by atoms with E-state index >= 15 is 0 Å². The van der Waals surface area contributed by atoms with Gasteiger partial charge in [0.2, 0.25) is 0 Å². The van der Waals surface area contributed by atoms with Crippen molar-refractivity contribution in [3.8, 4) is 0 Å². The number of halogens is 4. The van der Waals surface area contributed by atoms with Gasteiger partial charge in [-0.3, -0.25) is 0 Å². The molecule has 2 aromatic carbocycles. The van der Waals surface area contributed by atoms with Gasteiger partial charge in [-0.05, 0) is 67.5 Å². The lowest BCUT2D eigenvalue weighted by Crippen LogP contribution is -2.12. The lowest BCUT2D eigenvalue weighted by atomic mass is 9.94. The van der Waals surface area contributed by atoms with E-state index in [0.717, 1.165) is 28.6 Å². The Bertz CT molecular complexity index is 825. The standard InChI is InChI=1S/C19H17F4NS/c1-24(2)9-3-4-14-15-7-6-13(20)11-18(15)25-17-8-5-12(10-16(14)17)19(21,22)23/h4-8,10-11H,3,9H2,1-2H3. The molecule has 1 nitrogen and oxygen atoms in total. The molecule has 0 fully saturated rings. The topological polar surface area (TPSA) is 3.24 Å². The van der Waals surface area contributed by atoms with E-state index in [4.69, 9.17) is 0 Å². The van der Waals surface area contributed by atoms with Gasteiger partial charge < -0.3 is 4.90 Å². The largest absolute Gasteiger partial charge is 0.416 e. The van der Waals surface area contributed by atoms with Crippen LogP contribution in [-0.4, -0.2) is 25.5 Å². The smallest absolute Gasteiger partial charge is 0.309 e. The number of hydrogen-bond donors (Lipinski definition) is 0. The molecule has 1 heterocycles. The zero-order valence-corrected chi connectivity index (χ0v) is 14.6. The van der Waals surface area contributed by atoms with E-state index in [9.17, 15) is 17.6 Å². The summed E-state index contributed by atoms with van der Waals surface area (Å²) in [5.74, 6) is -0.353. The maximum atomic E-state index is 13.6. The van der Waals surface area contributed by atoms with Gasteiger partial charge in [-0.2, -0.15) is 13.2 Å². The molecule has 2 aromatic rings. The van der Waals surface area contributed by atoms with E-state index < -0.39 is 11.7 Å². The van der Waals surface area contributed by atoms with Crippen LogP contribution in [0.4, 0.5) is 17.6 Å². The molecule has 0 amide bonds. The Kier molecular flexibility index (Phi) is 4.93. The molecule has 0 N–H and O–H groups in total. The van der Waals surface area contributed by atoms with E-state index in [2.05, 4.69) is 0 Å². The van der Waals surface area contributed by atoms with Crippen molar-refractivity contribution in [2.75, 3.05) is 20.6 Å². The number of rotatable bonds is 3. The van der Waals surface area contributed by atoms with Gasteiger partial charge >= 0.3 is 6.18 Å². The minimum Gasteiger partial charge on any atom is -0.309 e. The van der Waals surface area contributed by atoms with Gasteiger partial charge in [-0.15, -0.1) is 0 Å². The molecule has 0 spiro atoms. The molecule has 0 saturated heterocycles. The molecule has 25 heavy (non-hydrogen) atoms. The van der Waals surface area contributed by atoms with Gasteiger partial charge in [0, 0.05) is 16.3 Å². The SMILES string of the molecule is CN(C)CCC=C1c2ccc(F)cc2Sc2ccc(C(F)(F)F)cc21. The van der Waals surface area contributed by atoms with Gasteiger partial charge in [0.1, 0.15) is 5.82 Å². The van der Waals surface area contributed by atoms with Gasteiger partial charge in [-0.1, -0.05) is 23.9 Å². The van der Waals surface area contributed by atoms with Crippen molar-refractivity contribution < 1.29 is 17.6 Å². The molecule has 3 rings (SSSR count). The van der Waals surface area contributed by atoms with Crippen LogP contribution in [0.3, 0.4) is 0 Å². The number of alkyl halides is 3. The summed E-state index contributed by atoms with van der Waals surface area (Å²) in [4.78, 5) is 3.44. The van der Waals surface area contributed by atoms with Crippen molar-refractivity contribution in [3.05, 3.63) is 65.0 Å². The minimum absolute atomic E-state index is 0.353. The third kappa shape index (κ3) is 3.90. The van der Waals surface area contributed by atoms with Gasteiger partial charge in [0.05, 0.1) is 5.56 Å². The van der Waals surface area contributed by atoms with Crippen molar-refractivity contribution in [1.29, 1.82) is 0 Å². The first-order valence-electron chi connectivity index (χ1n) is 7.80. The van der Waals surface area contributed by atoms with Crippen molar-refractivity contribution in [1.82, 2.24) is 4.90 Å². The van der Waals surface area contributed by atoms with E-state index in [1.54, 1.807) is 6.07 Å². The van der Waals surface area contributed by atoms with E-state index in [1.807, 2.05) is 25.1 Å². The lowest BCUT2D eigenvalue weighted by Gasteiger charge is -2.23. The third-order valence-electron chi connectivity index (χ3n) is 3.98. The summed E-state index contributed by atoms with van der Waals surface area (Å²) in [5.41, 5.74) is 1.39. The molecule has 6 heteroatoms. The molecule has 0 radical (unpaired) electrons. The molecule has 1 aliphatic heterocycles. The minimum atomic E-state index is -4.39. The van der Waals surface area contributed by atoms with Crippen LogP contribution in [0, 0.1) is 5.82 Å². The summed E-state index contributed by atoms with van der Waals surface area (Å²) in [6, 6.07) is 8.15. The Balaban J connectivity index is 2.11. The molecule has 0 unspecified atom stereocenters.